The molecule has 6 rings (SSSR count). The lowest BCUT2D eigenvalue weighted by atomic mass is 9.78. The largest absolute Gasteiger partial charge is 0.497 e. The minimum atomic E-state index is -2.81. The van der Waals surface area contributed by atoms with Crippen molar-refractivity contribution >= 4 is 11.8 Å². The van der Waals surface area contributed by atoms with Crippen LogP contribution in [0.4, 0.5) is 13.2 Å². The number of carbonyl (C=O) groups excluding carboxylic acids is 2. The second-order valence-electron chi connectivity index (χ2n) is 11.5. The van der Waals surface area contributed by atoms with Gasteiger partial charge in [-0.2, -0.15) is 5.10 Å². The Balaban J connectivity index is 1.07. The summed E-state index contributed by atoms with van der Waals surface area (Å²) < 4.78 is 53.8. The van der Waals surface area contributed by atoms with Crippen LogP contribution in [0.3, 0.4) is 0 Å². The molecular formula is C28H33F3N4O4. The zero-order valence-electron chi connectivity index (χ0n) is 21.9. The summed E-state index contributed by atoms with van der Waals surface area (Å²) in [4.78, 5) is 28.4. The quantitative estimate of drug-likeness (QED) is 0.577. The Morgan fingerprint density at radius 2 is 1.90 bits per heavy atom. The van der Waals surface area contributed by atoms with Gasteiger partial charge in [-0.05, 0) is 75.6 Å². The Morgan fingerprint density at radius 3 is 2.56 bits per heavy atom. The first kappa shape index (κ1) is 26.2. The Kier molecular flexibility index (Phi) is 6.39. The van der Waals surface area contributed by atoms with Crippen molar-refractivity contribution in [2.75, 3.05) is 20.3 Å². The van der Waals surface area contributed by atoms with E-state index in [0.29, 0.717) is 43.7 Å². The maximum Gasteiger partial charge on any atom is 0.278 e. The average molecular weight is 547 g/mol. The number of amides is 2. The van der Waals surface area contributed by atoms with Crippen LogP contribution < -0.4 is 10.1 Å². The van der Waals surface area contributed by atoms with Gasteiger partial charge in [0.05, 0.1) is 19.4 Å². The molecule has 0 bridgehead atoms. The molecule has 2 saturated carbocycles. The van der Waals surface area contributed by atoms with Gasteiger partial charge < -0.3 is 19.7 Å². The molecule has 2 saturated heterocycles. The van der Waals surface area contributed by atoms with Gasteiger partial charge in [0.2, 0.25) is 5.91 Å². The molecule has 39 heavy (non-hydrogen) atoms. The van der Waals surface area contributed by atoms with E-state index in [0.717, 1.165) is 12.8 Å². The van der Waals surface area contributed by atoms with Crippen molar-refractivity contribution in [2.24, 2.45) is 5.92 Å². The Labute approximate surface area is 224 Å². The summed E-state index contributed by atoms with van der Waals surface area (Å²) in [6.07, 6.45) is 3.90. The molecule has 4 fully saturated rings. The van der Waals surface area contributed by atoms with E-state index in [1.807, 2.05) is 4.90 Å². The molecule has 4 aliphatic rings. The van der Waals surface area contributed by atoms with Crippen LogP contribution in [-0.2, 0) is 9.53 Å². The first-order chi connectivity index (χ1) is 18.7. The maximum absolute atomic E-state index is 14.4. The predicted octanol–water partition coefficient (Wildman–Crippen LogP) is 4.46. The monoisotopic (exact) mass is 546 g/mol. The zero-order chi connectivity index (χ0) is 27.4. The molecular weight excluding hydrogens is 513 g/mol. The minimum Gasteiger partial charge on any atom is -0.497 e. The number of rotatable bonds is 5. The number of H-pyrrole nitrogens is 1. The van der Waals surface area contributed by atoms with Gasteiger partial charge in [0.25, 0.3) is 11.8 Å². The van der Waals surface area contributed by atoms with Gasteiger partial charge >= 0.3 is 0 Å². The fraction of sp³-hybridized carbons (Fsp3) is 0.607. The van der Waals surface area contributed by atoms with E-state index >= 15 is 0 Å². The van der Waals surface area contributed by atoms with Crippen LogP contribution in [0.25, 0.3) is 11.3 Å². The summed E-state index contributed by atoms with van der Waals surface area (Å²) >= 11 is 0. The summed E-state index contributed by atoms with van der Waals surface area (Å²) in [6, 6.07) is 5.75. The molecule has 2 amide bonds. The molecule has 210 valence electrons. The fourth-order valence-electron chi connectivity index (χ4n) is 6.66. The average Bonchev–Trinajstić information content (AvgIpc) is 3.38. The zero-order valence-corrected chi connectivity index (χ0v) is 21.9. The number of hydrogen-bond acceptors (Lipinski definition) is 5. The van der Waals surface area contributed by atoms with E-state index in [4.69, 9.17) is 9.47 Å². The molecule has 1 aromatic carbocycles. The van der Waals surface area contributed by atoms with Crippen LogP contribution in [-0.4, -0.2) is 70.3 Å². The molecule has 8 nitrogen and oxygen atoms in total. The SMILES string of the molecule is COc1ccc(F)c(-c2cc(C(=O)N3CC[C@@H](C(=O)NC4CCC5(CC4)OCCC5(F)F)CC34CC4)[nH]n2)c1. The number of benzene rings is 1. The fourth-order valence-corrected chi connectivity index (χ4v) is 6.66. The maximum atomic E-state index is 14.4. The van der Waals surface area contributed by atoms with E-state index in [2.05, 4.69) is 15.5 Å². The second-order valence-corrected chi connectivity index (χ2v) is 11.5. The topological polar surface area (TPSA) is 96.5 Å². The Bertz CT molecular complexity index is 1270. The van der Waals surface area contributed by atoms with Crippen molar-refractivity contribution < 1.29 is 32.2 Å². The van der Waals surface area contributed by atoms with Crippen molar-refractivity contribution in [3.05, 3.63) is 35.8 Å². The normalized spacial score (nSPS) is 29.0. The van der Waals surface area contributed by atoms with Crippen LogP contribution in [0.15, 0.2) is 24.3 Å². The van der Waals surface area contributed by atoms with E-state index < -0.39 is 17.3 Å². The van der Waals surface area contributed by atoms with E-state index in [-0.39, 0.29) is 66.4 Å². The van der Waals surface area contributed by atoms with Crippen molar-refractivity contribution in [2.45, 2.75) is 80.9 Å². The van der Waals surface area contributed by atoms with Gasteiger partial charge in [-0.25, -0.2) is 13.2 Å². The third-order valence-electron chi connectivity index (χ3n) is 9.20. The summed E-state index contributed by atoms with van der Waals surface area (Å²) in [5.74, 6) is -3.31. The molecule has 1 atom stereocenters. The number of alkyl halides is 2. The van der Waals surface area contributed by atoms with Gasteiger partial charge in [-0.15, -0.1) is 0 Å². The van der Waals surface area contributed by atoms with E-state index in [9.17, 15) is 22.8 Å². The van der Waals surface area contributed by atoms with Crippen LogP contribution in [0.5, 0.6) is 5.75 Å². The van der Waals surface area contributed by atoms with E-state index in [1.54, 1.807) is 6.07 Å². The molecule has 3 heterocycles. The molecule has 11 heteroatoms. The highest BCUT2D eigenvalue weighted by Gasteiger charge is 2.59. The van der Waals surface area contributed by atoms with Gasteiger partial charge in [0.15, 0.2) is 0 Å². The van der Waals surface area contributed by atoms with Gasteiger partial charge in [-0.3, -0.25) is 14.7 Å². The standard InChI is InChI=1S/C28H33F3N4O4/c1-38-19-2-3-21(29)20(14-19)22-15-23(34-33-22)25(37)35-12-6-17(16-26(35)9-10-26)24(36)32-18-4-7-27(8-5-18)28(30,31)11-13-39-27/h2-3,14-15,17-18H,4-13,16H2,1H3,(H,32,36)(H,33,34)/t17-,18?,27?/m1/s1. The summed E-state index contributed by atoms with van der Waals surface area (Å²) in [5.41, 5.74) is -0.936. The van der Waals surface area contributed by atoms with Crippen LogP contribution in [0.2, 0.25) is 0 Å². The number of methoxy groups -OCH3 is 1. The number of likely N-dealkylation sites (tertiary alicyclic amines) is 1. The Morgan fingerprint density at radius 1 is 1.13 bits per heavy atom. The van der Waals surface area contributed by atoms with Gasteiger partial charge in [0.1, 0.15) is 22.9 Å². The number of hydrogen-bond donors (Lipinski definition) is 2. The van der Waals surface area contributed by atoms with Crippen molar-refractivity contribution in [3.8, 4) is 17.0 Å². The molecule has 0 unspecified atom stereocenters. The highest BCUT2D eigenvalue weighted by Crippen LogP contribution is 2.51. The van der Waals surface area contributed by atoms with Crippen molar-refractivity contribution in [1.29, 1.82) is 0 Å². The predicted molar refractivity (Wildman–Crippen MR) is 135 cm³/mol. The third kappa shape index (κ3) is 4.58. The lowest BCUT2D eigenvalue weighted by Crippen LogP contribution is -2.54. The molecule has 2 aromatic rings. The van der Waals surface area contributed by atoms with E-state index in [1.165, 1.54) is 25.3 Å². The third-order valence-corrected chi connectivity index (χ3v) is 9.20. The first-order valence-corrected chi connectivity index (χ1v) is 13.7. The van der Waals surface area contributed by atoms with Crippen LogP contribution in [0.1, 0.15) is 68.3 Å². The molecule has 0 radical (unpaired) electrons. The number of ether oxygens (including phenoxy) is 2. The second kappa shape index (κ2) is 9.53. The Hall–Kier alpha value is -3.08. The molecule has 2 aliphatic heterocycles. The van der Waals surface area contributed by atoms with Crippen molar-refractivity contribution in [3.63, 3.8) is 0 Å². The molecule has 1 aromatic heterocycles. The lowest BCUT2D eigenvalue weighted by molar-refractivity contribution is -0.165. The van der Waals surface area contributed by atoms with Gasteiger partial charge in [0, 0.05) is 36.0 Å². The number of nitrogens with one attached hydrogen (secondary N) is 2. The first-order valence-electron chi connectivity index (χ1n) is 13.7. The lowest BCUT2D eigenvalue weighted by Gasteiger charge is -2.42. The van der Waals surface area contributed by atoms with Crippen LogP contribution >= 0.6 is 0 Å². The number of aromatic amines is 1. The summed E-state index contributed by atoms with van der Waals surface area (Å²) in [6.45, 7) is 0.508. The van der Waals surface area contributed by atoms with Gasteiger partial charge in [-0.1, -0.05) is 0 Å². The summed E-state index contributed by atoms with van der Waals surface area (Å²) in [7, 11) is 1.49. The highest BCUT2D eigenvalue weighted by atomic mass is 19.3. The molecule has 2 aliphatic carbocycles. The molecule has 2 spiro atoms. The number of piperidine rings is 1. The molecule has 2 N–H and O–H groups in total. The number of carbonyl (C=O) groups is 2. The van der Waals surface area contributed by atoms with Crippen LogP contribution in [0, 0.1) is 11.7 Å². The highest BCUT2D eigenvalue weighted by molar-refractivity contribution is 5.94. The number of halogens is 3. The van der Waals surface area contributed by atoms with Crippen molar-refractivity contribution in [1.82, 2.24) is 20.4 Å². The number of aromatic nitrogens is 2. The number of nitrogens with zero attached hydrogens (tertiary/aromatic N) is 2. The smallest absolute Gasteiger partial charge is 0.278 e. The summed E-state index contributed by atoms with van der Waals surface area (Å²) in [5, 5.41) is 10.0. The minimum absolute atomic E-state index is 0.0641.